The van der Waals surface area contributed by atoms with Gasteiger partial charge in [-0.3, -0.25) is 19.3 Å². The number of primary amides is 1. The number of urea groups is 1. The van der Waals surface area contributed by atoms with Gasteiger partial charge in [-0.2, -0.15) is 13.2 Å². The number of rotatable bonds is 6. The summed E-state index contributed by atoms with van der Waals surface area (Å²) in [4.78, 5) is 53.6. The summed E-state index contributed by atoms with van der Waals surface area (Å²) in [6.45, 7) is 0. The predicted molar refractivity (Wildman–Crippen MR) is 179 cm³/mol. The van der Waals surface area contributed by atoms with Crippen LogP contribution in [0.3, 0.4) is 0 Å². The Morgan fingerprint density at radius 1 is 0.941 bits per heavy atom. The normalized spacial score (nSPS) is 23.1. The lowest BCUT2D eigenvalue weighted by molar-refractivity contribution is -0.153. The van der Waals surface area contributed by atoms with Gasteiger partial charge in [-0.05, 0) is 85.4 Å². The molecular formula is C36H33F3N4O8. The number of amides is 3. The van der Waals surface area contributed by atoms with Crippen molar-refractivity contribution in [3.63, 3.8) is 0 Å². The van der Waals surface area contributed by atoms with Gasteiger partial charge in [-0.1, -0.05) is 30.3 Å². The minimum atomic E-state index is -4.35. The molecule has 6 rings (SSSR count). The Labute approximate surface area is 288 Å². The number of Topliss-reactive ketones (excluding diaryl/α,β-unsaturated/α-hetero) is 2. The van der Waals surface area contributed by atoms with E-state index in [2.05, 4.69) is 10.6 Å². The molecule has 1 saturated carbocycles. The van der Waals surface area contributed by atoms with Crippen molar-refractivity contribution in [3.05, 3.63) is 94.3 Å². The minimum Gasteiger partial charge on any atom is -0.508 e. The maximum Gasteiger partial charge on any atom is 0.393 e. The number of aromatic hydroxyl groups is 1. The third-order valence-corrected chi connectivity index (χ3v) is 9.67. The van der Waals surface area contributed by atoms with Crippen molar-refractivity contribution in [1.29, 1.82) is 0 Å². The molecule has 0 radical (unpaired) electrons. The molecule has 3 aliphatic carbocycles. The number of aliphatic hydroxyl groups excluding tert-OH is 2. The fourth-order valence-electron chi connectivity index (χ4n) is 7.48. The number of anilines is 2. The molecule has 0 aliphatic heterocycles. The van der Waals surface area contributed by atoms with Crippen LogP contribution in [-0.2, 0) is 27.2 Å². The highest BCUT2D eigenvalue weighted by Crippen LogP contribution is 2.53. The molecule has 3 aliphatic rings. The van der Waals surface area contributed by atoms with Crippen LogP contribution in [-0.4, -0.2) is 80.7 Å². The third kappa shape index (κ3) is 6.08. The molecule has 0 saturated heterocycles. The summed E-state index contributed by atoms with van der Waals surface area (Å²) in [6.07, 6.45) is -5.42. The number of nitrogens with one attached hydrogen (secondary N) is 2. The summed E-state index contributed by atoms with van der Waals surface area (Å²) >= 11 is 0. The van der Waals surface area contributed by atoms with E-state index in [0.717, 1.165) is 0 Å². The number of halogens is 3. The predicted octanol–water partition coefficient (Wildman–Crippen LogP) is 4.38. The Bertz CT molecular complexity index is 2040. The van der Waals surface area contributed by atoms with Crippen LogP contribution in [0.15, 0.2) is 77.6 Å². The zero-order valence-electron chi connectivity index (χ0n) is 27.2. The van der Waals surface area contributed by atoms with Gasteiger partial charge in [0.05, 0.1) is 18.0 Å². The van der Waals surface area contributed by atoms with E-state index < -0.39 is 76.7 Å². The molecule has 12 nitrogen and oxygen atoms in total. The number of phenols is 1. The number of likely N-dealkylation sites (N-methyl/N-ethyl adjacent to an activating group) is 1. The third-order valence-electron chi connectivity index (χ3n) is 9.67. The van der Waals surface area contributed by atoms with Crippen LogP contribution in [0.5, 0.6) is 5.75 Å². The number of phenolic OH excluding ortho intramolecular Hbond substituents is 1. The van der Waals surface area contributed by atoms with Crippen LogP contribution in [0.25, 0.3) is 16.9 Å². The van der Waals surface area contributed by atoms with Crippen LogP contribution in [0.4, 0.5) is 29.3 Å². The second-order valence-corrected chi connectivity index (χ2v) is 13.1. The number of nitrogens with two attached hydrogens (primary N) is 1. The molecule has 1 fully saturated rings. The van der Waals surface area contributed by atoms with Crippen molar-refractivity contribution in [2.24, 2.45) is 17.6 Å². The first kappa shape index (κ1) is 35.2. The number of hydrogen-bond donors (Lipinski definition) is 7. The van der Waals surface area contributed by atoms with Gasteiger partial charge in [0.1, 0.15) is 22.8 Å². The second kappa shape index (κ2) is 12.6. The summed E-state index contributed by atoms with van der Waals surface area (Å²) in [5, 5.41) is 50.4. The van der Waals surface area contributed by atoms with Crippen molar-refractivity contribution in [2.45, 2.75) is 37.1 Å². The molecule has 266 valence electrons. The SMILES string of the molecule is CN(C)C1C(=O)C(C(N)=O)=C(O)[C@@]2(O)C(=O)C3=C(O)c4c(O)ccc(-c5ccc(NC(=O)Nc6ccc(CC(F)(F)F)cc6)cc5)c4C[C@H]3C[C@@H]12. The number of benzene rings is 3. The van der Waals surface area contributed by atoms with Gasteiger partial charge in [-0.15, -0.1) is 0 Å². The van der Waals surface area contributed by atoms with Crippen molar-refractivity contribution in [1.82, 2.24) is 4.90 Å². The molecule has 15 heteroatoms. The number of aliphatic hydroxyl groups is 3. The summed E-state index contributed by atoms with van der Waals surface area (Å²) in [5.74, 6) is -7.40. The lowest BCUT2D eigenvalue weighted by Gasteiger charge is -2.50. The van der Waals surface area contributed by atoms with Crippen molar-refractivity contribution < 1.29 is 52.8 Å². The highest BCUT2D eigenvalue weighted by molar-refractivity contribution is 6.24. The summed E-state index contributed by atoms with van der Waals surface area (Å²) in [7, 11) is 3.04. The van der Waals surface area contributed by atoms with Crippen LogP contribution >= 0.6 is 0 Å². The van der Waals surface area contributed by atoms with Gasteiger partial charge in [-0.25, -0.2) is 4.79 Å². The standard InChI is InChI=1S/C36H33F3N4O8/c1-43(2)28-23-14-18-13-22-21(17-5-9-20(10-6-17)42-34(50)41-19-7-3-16(4-8-19)15-35(37,38)39)11-12-24(44)26(22)29(45)25(18)31(47)36(23,51)32(48)27(30(28)46)33(40)49/h3-12,18,23,28,44-45,48,51H,13-15H2,1-2H3,(H2,40,49)(H2,41,42,50)/t18-,23-,28?,36-/m0/s1. The summed E-state index contributed by atoms with van der Waals surface area (Å²) in [6, 6.07) is 12.9. The van der Waals surface area contributed by atoms with E-state index in [-0.39, 0.29) is 41.0 Å². The van der Waals surface area contributed by atoms with E-state index in [1.54, 1.807) is 30.3 Å². The second-order valence-electron chi connectivity index (χ2n) is 13.1. The molecule has 0 spiro atoms. The van der Waals surface area contributed by atoms with Gasteiger partial charge < -0.3 is 36.8 Å². The molecule has 3 aromatic rings. The first-order valence-corrected chi connectivity index (χ1v) is 15.8. The van der Waals surface area contributed by atoms with E-state index in [1.165, 1.54) is 49.3 Å². The summed E-state index contributed by atoms with van der Waals surface area (Å²) in [5.41, 5.74) is 3.75. The van der Waals surface area contributed by atoms with Gasteiger partial charge in [0.2, 0.25) is 5.78 Å². The number of carbonyl (C=O) groups excluding carboxylic acids is 4. The van der Waals surface area contributed by atoms with Crippen molar-refractivity contribution in [2.75, 3.05) is 24.7 Å². The number of carbonyl (C=O) groups is 4. The molecule has 3 aromatic carbocycles. The van der Waals surface area contributed by atoms with Gasteiger partial charge >= 0.3 is 12.2 Å². The first-order valence-electron chi connectivity index (χ1n) is 15.8. The topological polar surface area (TPSA) is 203 Å². The smallest absolute Gasteiger partial charge is 0.393 e. The summed E-state index contributed by atoms with van der Waals surface area (Å²) < 4.78 is 37.9. The molecule has 0 bridgehead atoms. The molecule has 51 heavy (non-hydrogen) atoms. The number of alkyl halides is 3. The molecule has 0 heterocycles. The Morgan fingerprint density at radius 2 is 1.53 bits per heavy atom. The Balaban J connectivity index is 1.29. The Hall–Kier alpha value is -5.67. The average molecular weight is 707 g/mol. The van der Waals surface area contributed by atoms with Crippen molar-refractivity contribution >= 4 is 40.6 Å². The minimum absolute atomic E-state index is 0.0502. The van der Waals surface area contributed by atoms with E-state index in [4.69, 9.17) is 5.73 Å². The number of hydrogen-bond acceptors (Lipinski definition) is 9. The lowest BCUT2D eigenvalue weighted by atomic mass is 9.57. The highest BCUT2D eigenvalue weighted by atomic mass is 19.4. The maximum atomic E-state index is 14.1. The van der Waals surface area contributed by atoms with Gasteiger partial charge in [0.25, 0.3) is 5.91 Å². The molecule has 3 amide bonds. The van der Waals surface area contributed by atoms with Crippen LogP contribution in [0.1, 0.15) is 23.1 Å². The highest BCUT2D eigenvalue weighted by Gasteiger charge is 2.64. The van der Waals surface area contributed by atoms with Crippen molar-refractivity contribution in [3.8, 4) is 16.9 Å². The molecular weight excluding hydrogens is 673 g/mol. The quantitative estimate of drug-likeness (QED) is 0.182. The fraction of sp³-hybridized carbons (Fsp3) is 0.278. The number of fused-ring (bicyclic) bond motifs is 3. The molecule has 1 unspecified atom stereocenters. The van der Waals surface area contributed by atoms with Gasteiger partial charge in [0.15, 0.2) is 11.4 Å². The van der Waals surface area contributed by atoms with Gasteiger partial charge in [0, 0.05) is 22.9 Å². The average Bonchev–Trinajstić information content (AvgIpc) is 3.03. The number of ketones is 2. The zero-order chi connectivity index (χ0) is 37.2. The van der Waals surface area contributed by atoms with Crippen LogP contribution in [0.2, 0.25) is 0 Å². The Kier molecular flexibility index (Phi) is 8.68. The molecule has 4 atom stereocenters. The monoisotopic (exact) mass is 706 g/mol. The molecule has 0 aromatic heterocycles. The Morgan fingerprint density at radius 3 is 2.08 bits per heavy atom. The molecule has 8 N–H and O–H groups in total. The lowest BCUT2D eigenvalue weighted by Crippen LogP contribution is -2.65. The maximum absolute atomic E-state index is 14.1. The van der Waals surface area contributed by atoms with Crippen LogP contribution in [0, 0.1) is 11.8 Å². The van der Waals surface area contributed by atoms with E-state index in [9.17, 15) is 52.8 Å². The van der Waals surface area contributed by atoms with E-state index in [1.807, 2.05) is 0 Å². The largest absolute Gasteiger partial charge is 0.508 e. The first-order chi connectivity index (χ1) is 23.9. The van der Waals surface area contributed by atoms with E-state index >= 15 is 0 Å². The fourth-order valence-corrected chi connectivity index (χ4v) is 7.48. The zero-order valence-corrected chi connectivity index (χ0v) is 27.2. The van der Waals surface area contributed by atoms with Crippen LogP contribution < -0.4 is 16.4 Å². The van der Waals surface area contributed by atoms with E-state index in [0.29, 0.717) is 22.4 Å². The number of nitrogens with zero attached hydrogens (tertiary/aromatic N) is 1.